The van der Waals surface area contributed by atoms with Crippen LogP contribution < -0.4 is 11.1 Å². The van der Waals surface area contributed by atoms with Crippen molar-refractivity contribution in [2.45, 2.75) is 19.8 Å². The molecule has 1 aromatic heterocycles. The van der Waals surface area contributed by atoms with Crippen LogP contribution in [-0.4, -0.2) is 24.7 Å². The maximum Gasteiger partial charge on any atom is 0.106 e. The molecule has 2 aromatic rings. The highest BCUT2D eigenvalue weighted by Crippen LogP contribution is 2.33. The summed E-state index contributed by atoms with van der Waals surface area (Å²) >= 11 is 1.62. The van der Waals surface area contributed by atoms with Crippen LogP contribution in [0.3, 0.4) is 0 Å². The van der Waals surface area contributed by atoms with Gasteiger partial charge < -0.3 is 15.8 Å². The van der Waals surface area contributed by atoms with Gasteiger partial charge in [0.2, 0.25) is 0 Å². The number of thiazole rings is 1. The molecule has 0 saturated carbocycles. The number of nitrogens with zero attached hydrogens (tertiary/aromatic N) is 1. The molecule has 102 valence electrons. The van der Waals surface area contributed by atoms with Crippen molar-refractivity contribution >= 4 is 32.9 Å². The fourth-order valence-corrected chi connectivity index (χ4v) is 3.15. The van der Waals surface area contributed by atoms with Gasteiger partial charge in [-0.1, -0.05) is 6.92 Å². The number of rotatable bonds is 3. The molecule has 0 aliphatic carbocycles. The van der Waals surface area contributed by atoms with Crippen LogP contribution in [0.1, 0.15) is 19.8 Å². The van der Waals surface area contributed by atoms with Crippen LogP contribution in [0.4, 0.5) is 11.4 Å². The fourth-order valence-electron chi connectivity index (χ4n) is 2.46. The first kappa shape index (κ1) is 12.7. The molecule has 0 radical (unpaired) electrons. The molecular formula is C14H19N3OS. The third-order valence-electron chi connectivity index (χ3n) is 3.95. The van der Waals surface area contributed by atoms with Crippen LogP contribution in [-0.2, 0) is 4.74 Å². The molecular weight excluding hydrogens is 258 g/mol. The Hall–Kier alpha value is -1.33. The second-order valence-corrected chi connectivity index (χ2v) is 6.39. The minimum Gasteiger partial charge on any atom is -0.395 e. The second kappa shape index (κ2) is 4.98. The lowest BCUT2D eigenvalue weighted by Gasteiger charge is -2.34. The van der Waals surface area contributed by atoms with Gasteiger partial charge in [0.1, 0.15) is 5.52 Å². The van der Waals surface area contributed by atoms with Crippen molar-refractivity contribution in [2.24, 2.45) is 5.41 Å². The van der Waals surface area contributed by atoms with Gasteiger partial charge in [0.05, 0.1) is 21.6 Å². The summed E-state index contributed by atoms with van der Waals surface area (Å²) in [7, 11) is 0. The van der Waals surface area contributed by atoms with Crippen molar-refractivity contribution in [2.75, 3.05) is 30.8 Å². The first-order valence-corrected chi connectivity index (χ1v) is 7.49. The smallest absolute Gasteiger partial charge is 0.106 e. The molecule has 0 bridgehead atoms. The molecule has 1 aromatic carbocycles. The monoisotopic (exact) mass is 277 g/mol. The average molecular weight is 277 g/mol. The summed E-state index contributed by atoms with van der Waals surface area (Å²) in [6.07, 6.45) is 2.19. The number of hydrogen-bond donors (Lipinski definition) is 2. The van der Waals surface area contributed by atoms with Crippen LogP contribution in [0.15, 0.2) is 17.6 Å². The van der Waals surface area contributed by atoms with Crippen molar-refractivity contribution in [3.05, 3.63) is 17.6 Å². The van der Waals surface area contributed by atoms with E-state index < -0.39 is 0 Å². The molecule has 0 spiro atoms. The minimum atomic E-state index is 0.293. The molecule has 0 unspecified atom stereocenters. The maximum absolute atomic E-state index is 6.18. The minimum absolute atomic E-state index is 0.293. The van der Waals surface area contributed by atoms with E-state index in [0.717, 1.165) is 54.2 Å². The Balaban J connectivity index is 1.76. The first-order chi connectivity index (χ1) is 9.18. The maximum atomic E-state index is 6.18. The van der Waals surface area contributed by atoms with E-state index in [2.05, 4.69) is 29.4 Å². The quantitative estimate of drug-likeness (QED) is 0.846. The molecule has 0 atom stereocenters. The third kappa shape index (κ3) is 2.53. The zero-order valence-corrected chi connectivity index (χ0v) is 11.9. The Labute approximate surface area is 117 Å². The fraction of sp³-hybridized carbons (Fsp3) is 0.500. The summed E-state index contributed by atoms with van der Waals surface area (Å²) in [5.74, 6) is 0. The number of fused-ring (bicyclic) bond motifs is 1. The highest BCUT2D eigenvalue weighted by Gasteiger charge is 2.27. The molecule has 2 heterocycles. The highest BCUT2D eigenvalue weighted by molar-refractivity contribution is 7.16. The van der Waals surface area contributed by atoms with Crippen LogP contribution in [0.25, 0.3) is 10.2 Å². The van der Waals surface area contributed by atoms with Crippen molar-refractivity contribution in [1.29, 1.82) is 0 Å². The number of anilines is 2. The first-order valence-electron chi connectivity index (χ1n) is 6.61. The van der Waals surface area contributed by atoms with E-state index in [1.807, 2.05) is 5.51 Å². The van der Waals surface area contributed by atoms with Gasteiger partial charge in [0.15, 0.2) is 0 Å². The molecule has 1 fully saturated rings. The van der Waals surface area contributed by atoms with Crippen LogP contribution in [0.2, 0.25) is 0 Å². The van der Waals surface area contributed by atoms with Gasteiger partial charge in [0, 0.05) is 19.8 Å². The Morgan fingerprint density at radius 2 is 2.21 bits per heavy atom. The standard InChI is InChI=1S/C14H19N3OS/c1-14(4-6-18-7-5-14)8-16-10-2-3-11-13(12(10)15)17-9-19-11/h2-3,9,16H,4-8,15H2,1H3. The van der Waals surface area contributed by atoms with Gasteiger partial charge in [-0.05, 0) is 30.4 Å². The number of hydrogen-bond acceptors (Lipinski definition) is 5. The van der Waals surface area contributed by atoms with E-state index in [1.54, 1.807) is 11.3 Å². The van der Waals surface area contributed by atoms with Crippen molar-refractivity contribution in [3.63, 3.8) is 0 Å². The predicted octanol–water partition coefficient (Wildman–Crippen LogP) is 3.11. The lowest BCUT2D eigenvalue weighted by Crippen LogP contribution is -2.33. The lowest BCUT2D eigenvalue weighted by atomic mass is 9.82. The van der Waals surface area contributed by atoms with Crippen LogP contribution >= 0.6 is 11.3 Å². The number of nitrogen functional groups attached to an aromatic ring is 1. The van der Waals surface area contributed by atoms with Crippen molar-refractivity contribution in [1.82, 2.24) is 4.98 Å². The SMILES string of the molecule is CC1(CNc2ccc3scnc3c2N)CCOCC1. The summed E-state index contributed by atoms with van der Waals surface area (Å²) < 4.78 is 6.57. The Bertz CT molecular complexity index is 575. The Morgan fingerprint density at radius 3 is 3.00 bits per heavy atom. The van der Waals surface area contributed by atoms with E-state index in [0.29, 0.717) is 5.41 Å². The van der Waals surface area contributed by atoms with Crippen molar-refractivity contribution in [3.8, 4) is 0 Å². The molecule has 1 aliphatic rings. The summed E-state index contributed by atoms with van der Waals surface area (Å²) in [4.78, 5) is 4.32. The number of nitrogens with two attached hydrogens (primary N) is 1. The van der Waals surface area contributed by atoms with Gasteiger partial charge >= 0.3 is 0 Å². The molecule has 4 nitrogen and oxygen atoms in total. The number of ether oxygens (including phenoxy) is 1. The average Bonchev–Trinajstić information content (AvgIpc) is 2.88. The Kier molecular flexibility index (Phi) is 3.33. The lowest BCUT2D eigenvalue weighted by molar-refractivity contribution is 0.0300. The highest BCUT2D eigenvalue weighted by atomic mass is 32.1. The van der Waals surface area contributed by atoms with Gasteiger partial charge in [-0.2, -0.15) is 0 Å². The second-order valence-electron chi connectivity index (χ2n) is 5.50. The summed E-state index contributed by atoms with van der Waals surface area (Å²) in [6.45, 7) is 4.95. The topological polar surface area (TPSA) is 60.2 Å². The zero-order chi connectivity index (χ0) is 13.3. The van der Waals surface area contributed by atoms with Gasteiger partial charge in [-0.3, -0.25) is 0 Å². The summed E-state index contributed by atoms with van der Waals surface area (Å²) in [5.41, 5.74) is 11.0. The largest absolute Gasteiger partial charge is 0.395 e. The predicted molar refractivity (Wildman–Crippen MR) is 80.7 cm³/mol. The molecule has 19 heavy (non-hydrogen) atoms. The Morgan fingerprint density at radius 1 is 1.42 bits per heavy atom. The normalized spacial score (nSPS) is 18.6. The molecule has 1 aliphatic heterocycles. The van der Waals surface area contributed by atoms with Gasteiger partial charge in [0.25, 0.3) is 0 Å². The summed E-state index contributed by atoms with van der Waals surface area (Å²) in [5, 5.41) is 3.49. The molecule has 5 heteroatoms. The summed E-state index contributed by atoms with van der Waals surface area (Å²) in [6, 6.07) is 4.14. The van der Waals surface area contributed by atoms with Gasteiger partial charge in [-0.15, -0.1) is 11.3 Å². The van der Waals surface area contributed by atoms with Crippen LogP contribution in [0, 0.1) is 5.41 Å². The molecule has 3 rings (SSSR count). The van der Waals surface area contributed by atoms with Crippen molar-refractivity contribution < 1.29 is 4.74 Å². The molecule has 3 N–H and O–H groups in total. The number of aromatic nitrogens is 1. The van der Waals surface area contributed by atoms with E-state index >= 15 is 0 Å². The third-order valence-corrected chi connectivity index (χ3v) is 4.74. The van der Waals surface area contributed by atoms with E-state index in [9.17, 15) is 0 Å². The number of benzene rings is 1. The molecule has 1 saturated heterocycles. The van der Waals surface area contributed by atoms with E-state index in [-0.39, 0.29) is 0 Å². The molecule has 0 amide bonds. The van der Waals surface area contributed by atoms with Crippen LogP contribution in [0.5, 0.6) is 0 Å². The van der Waals surface area contributed by atoms with Gasteiger partial charge in [-0.25, -0.2) is 4.98 Å². The number of nitrogens with one attached hydrogen (secondary N) is 1. The van der Waals surface area contributed by atoms with E-state index in [4.69, 9.17) is 10.5 Å². The van der Waals surface area contributed by atoms with E-state index in [1.165, 1.54) is 0 Å². The zero-order valence-electron chi connectivity index (χ0n) is 11.1.